The molecule has 0 spiro atoms. The van der Waals surface area contributed by atoms with Gasteiger partial charge in [0.15, 0.2) is 0 Å². The van der Waals surface area contributed by atoms with Crippen molar-refractivity contribution in [2.24, 2.45) is 0 Å². The van der Waals surface area contributed by atoms with E-state index in [1.807, 2.05) is 6.92 Å². The van der Waals surface area contributed by atoms with Crippen LogP contribution in [0.25, 0.3) is 0 Å². The summed E-state index contributed by atoms with van der Waals surface area (Å²) in [4.78, 5) is 10.3. The van der Waals surface area contributed by atoms with E-state index in [1.165, 1.54) is 0 Å². The van der Waals surface area contributed by atoms with Crippen LogP contribution in [0, 0.1) is 0 Å². The summed E-state index contributed by atoms with van der Waals surface area (Å²) in [5.41, 5.74) is 0. The molecule has 0 aromatic carbocycles. The first-order valence-electron chi connectivity index (χ1n) is 4.64. The Morgan fingerprint density at radius 2 is 2.23 bits per heavy atom. The van der Waals surface area contributed by atoms with Gasteiger partial charge in [0.1, 0.15) is 0 Å². The monoisotopic (exact) mass is 206 g/mol. The molecule has 3 nitrogen and oxygen atoms in total. The van der Waals surface area contributed by atoms with E-state index in [9.17, 15) is 4.79 Å². The Kier molecular flexibility index (Phi) is 8.24. The van der Waals surface area contributed by atoms with Gasteiger partial charge >= 0.3 is 5.97 Å². The Labute approximate surface area is 84.9 Å². The zero-order chi connectivity index (χ0) is 10.1. The fourth-order valence-electron chi connectivity index (χ4n) is 1.03. The van der Waals surface area contributed by atoms with Crippen LogP contribution < -0.4 is 0 Å². The van der Waals surface area contributed by atoms with Gasteiger partial charge in [0.2, 0.25) is 0 Å². The molecule has 78 valence electrons. The maximum Gasteiger partial charge on any atom is 0.304 e. The van der Waals surface area contributed by atoms with Gasteiger partial charge in [-0.3, -0.25) is 4.79 Å². The van der Waals surface area contributed by atoms with Gasteiger partial charge in [0.05, 0.1) is 6.42 Å². The summed E-state index contributed by atoms with van der Waals surface area (Å²) < 4.78 is 5.16. The lowest BCUT2D eigenvalue weighted by molar-refractivity contribution is -0.136. The molecule has 0 bridgehead atoms. The Balaban J connectivity index is 3.17. The second-order valence-electron chi connectivity index (χ2n) is 2.94. The van der Waals surface area contributed by atoms with Gasteiger partial charge in [0.25, 0.3) is 0 Å². The molecule has 13 heavy (non-hydrogen) atoms. The van der Waals surface area contributed by atoms with Gasteiger partial charge in [-0.2, -0.15) is 12.6 Å². The second kappa shape index (κ2) is 8.38. The van der Waals surface area contributed by atoms with Crippen LogP contribution in [0.2, 0.25) is 0 Å². The third-order valence-electron chi connectivity index (χ3n) is 1.69. The summed E-state index contributed by atoms with van der Waals surface area (Å²) in [5.74, 6) is -0.773. The first-order chi connectivity index (χ1) is 6.16. The lowest BCUT2D eigenvalue weighted by atomic mass is 10.1. The van der Waals surface area contributed by atoms with Crippen LogP contribution >= 0.6 is 12.6 Å². The molecule has 0 amide bonds. The lowest BCUT2D eigenvalue weighted by Crippen LogP contribution is -2.07. The SMILES string of the molecule is CCOCCCCC(S)CC(=O)O. The number of rotatable bonds is 8. The molecule has 0 saturated heterocycles. The van der Waals surface area contributed by atoms with E-state index in [1.54, 1.807) is 0 Å². The molecule has 0 aromatic rings. The smallest absolute Gasteiger partial charge is 0.304 e. The molecule has 0 radical (unpaired) electrons. The molecule has 1 N–H and O–H groups in total. The fourth-order valence-corrected chi connectivity index (χ4v) is 1.37. The van der Waals surface area contributed by atoms with Crippen molar-refractivity contribution in [2.45, 2.75) is 37.9 Å². The zero-order valence-electron chi connectivity index (χ0n) is 8.03. The van der Waals surface area contributed by atoms with Crippen molar-refractivity contribution in [3.05, 3.63) is 0 Å². The number of carboxylic acids is 1. The molecule has 0 rings (SSSR count). The van der Waals surface area contributed by atoms with E-state index >= 15 is 0 Å². The second-order valence-corrected chi connectivity index (χ2v) is 3.67. The van der Waals surface area contributed by atoms with E-state index in [4.69, 9.17) is 9.84 Å². The Morgan fingerprint density at radius 1 is 1.54 bits per heavy atom. The van der Waals surface area contributed by atoms with Gasteiger partial charge in [-0.25, -0.2) is 0 Å². The molecular weight excluding hydrogens is 188 g/mol. The minimum atomic E-state index is -0.773. The third-order valence-corrected chi connectivity index (χ3v) is 2.13. The molecule has 0 heterocycles. The van der Waals surface area contributed by atoms with Crippen molar-refractivity contribution >= 4 is 18.6 Å². The highest BCUT2D eigenvalue weighted by Gasteiger charge is 2.07. The number of hydrogen-bond donors (Lipinski definition) is 2. The largest absolute Gasteiger partial charge is 0.481 e. The summed E-state index contributed by atoms with van der Waals surface area (Å²) in [6, 6.07) is 0. The Morgan fingerprint density at radius 3 is 2.77 bits per heavy atom. The van der Waals surface area contributed by atoms with Gasteiger partial charge in [-0.1, -0.05) is 6.42 Å². The number of carbonyl (C=O) groups is 1. The van der Waals surface area contributed by atoms with Crippen molar-refractivity contribution in [1.82, 2.24) is 0 Å². The predicted molar refractivity (Wildman–Crippen MR) is 55.4 cm³/mol. The number of unbranched alkanes of at least 4 members (excludes halogenated alkanes) is 1. The number of carboxylic acid groups (broad SMARTS) is 1. The highest BCUT2D eigenvalue weighted by Crippen LogP contribution is 2.10. The van der Waals surface area contributed by atoms with Crippen LogP contribution in [0.5, 0.6) is 0 Å². The highest BCUT2D eigenvalue weighted by atomic mass is 32.1. The van der Waals surface area contributed by atoms with E-state index in [2.05, 4.69) is 12.6 Å². The average Bonchev–Trinajstić information content (AvgIpc) is 2.02. The average molecular weight is 206 g/mol. The quantitative estimate of drug-likeness (QED) is 0.471. The van der Waals surface area contributed by atoms with Gasteiger partial charge in [0, 0.05) is 18.5 Å². The van der Waals surface area contributed by atoms with Crippen LogP contribution in [0.3, 0.4) is 0 Å². The molecule has 1 atom stereocenters. The summed E-state index contributed by atoms with van der Waals surface area (Å²) in [6.07, 6.45) is 2.98. The lowest BCUT2D eigenvalue weighted by Gasteiger charge is -2.06. The van der Waals surface area contributed by atoms with Crippen LogP contribution in [-0.4, -0.2) is 29.5 Å². The summed E-state index contributed by atoms with van der Waals surface area (Å²) >= 11 is 4.17. The molecule has 0 aliphatic heterocycles. The van der Waals surface area contributed by atoms with Crippen molar-refractivity contribution in [2.75, 3.05) is 13.2 Å². The minimum Gasteiger partial charge on any atom is -0.481 e. The van der Waals surface area contributed by atoms with Gasteiger partial charge < -0.3 is 9.84 Å². The molecule has 0 aliphatic carbocycles. The van der Waals surface area contributed by atoms with Gasteiger partial charge in [-0.15, -0.1) is 0 Å². The Hall–Kier alpha value is -0.220. The molecule has 4 heteroatoms. The van der Waals surface area contributed by atoms with Crippen molar-refractivity contribution < 1.29 is 14.6 Å². The van der Waals surface area contributed by atoms with Gasteiger partial charge in [-0.05, 0) is 19.8 Å². The van der Waals surface area contributed by atoms with Crippen molar-refractivity contribution in [1.29, 1.82) is 0 Å². The molecule has 0 aliphatic rings. The molecule has 0 fully saturated rings. The van der Waals surface area contributed by atoms with E-state index < -0.39 is 5.97 Å². The van der Waals surface area contributed by atoms with E-state index in [0.717, 1.165) is 32.5 Å². The molecular formula is C9H18O3S. The summed E-state index contributed by atoms with van der Waals surface area (Å²) in [7, 11) is 0. The fraction of sp³-hybridized carbons (Fsp3) is 0.889. The van der Waals surface area contributed by atoms with Crippen LogP contribution in [0.4, 0.5) is 0 Å². The number of thiol groups is 1. The van der Waals surface area contributed by atoms with E-state index in [-0.39, 0.29) is 11.7 Å². The minimum absolute atomic E-state index is 0.0147. The number of ether oxygens (including phenoxy) is 1. The first-order valence-corrected chi connectivity index (χ1v) is 5.16. The standard InChI is InChI=1S/C9H18O3S/c1-2-12-6-4-3-5-8(13)7-9(10)11/h8,13H,2-7H2,1H3,(H,10,11). The van der Waals surface area contributed by atoms with Crippen LogP contribution in [0.1, 0.15) is 32.6 Å². The van der Waals surface area contributed by atoms with Crippen LogP contribution in [-0.2, 0) is 9.53 Å². The highest BCUT2D eigenvalue weighted by molar-refractivity contribution is 7.81. The number of hydrogen-bond acceptors (Lipinski definition) is 3. The molecule has 0 aromatic heterocycles. The maximum atomic E-state index is 10.3. The first kappa shape index (κ1) is 12.8. The third kappa shape index (κ3) is 9.70. The normalized spacial score (nSPS) is 12.8. The maximum absolute atomic E-state index is 10.3. The van der Waals surface area contributed by atoms with Crippen LogP contribution in [0.15, 0.2) is 0 Å². The van der Waals surface area contributed by atoms with Crippen molar-refractivity contribution in [3.8, 4) is 0 Å². The van der Waals surface area contributed by atoms with Crippen molar-refractivity contribution in [3.63, 3.8) is 0 Å². The molecule has 1 unspecified atom stereocenters. The topological polar surface area (TPSA) is 46.5 Å². The summed E-state index contributed by atoms with van der Waals surface area (Å²) in [6.45, 7) is 3.48. The summed E-state index contributed by atoms with van der Waals surface area (Å²) in [5, 5.41) is 8.44. The van der Waals surface area contributed by atoms with E-state index in [0.29, 0.717) is 0 Å². The molecule has 0 saturated carbocycles. The zero-order valence-corrected chi connectivity index (χ0v) is 8.93. The number of aliphatic carboxylic acids is 1. The predicted octanol–water partition coefficient (Wildman–Crippen LogP) is 1.97. The Bertz CT molecular complexity index is 139.